The molecule has 0 saturated heterocycles. The van der Waals surface area contributed by atoms with E-state index in [9.17, 15) is 0 Å². The van der Waals surface area contributed by atoms with E-state index < -0.39 is 0 Å². The summed E-state index contributed by atoms with van der Waals surface area (Å²) in [5, 5.41) is 0. The number of nitrogens with one attached hydrogen (secondary N) is 1. The first-order chi connectivity index (χ1) is 6.65. The second-order valence-corrected chi connectivity index (χ2v) is 4.73. The molecule has 2 rings (SSSR count). The SMILES string of the molecule is CC1(C)CC1C(NN)c1cccnc1. The van der Waals surface area contributed by atoms with Gasteiger partial charge in [0.15, 0.2) is 0 Å². The normalized spacial score (nSPS) is 25.8. The van der Waals surface area contributed by atoms with Crippen LogP contribution in [0.3, 0.4) is 0 Å². The van der Waals surface area contributed by atoms with Crippen LogP contribution in [0.1, 0.15) is 31.9 Å². The highest BCUT2D eigenvalue weighted by Crippen LogP contribution is 2.57. The average Bonchev–Trinajstić information content (AvgIpc) is 2.78. The van der Waals surface area contributed by atoms with Crippen LogP contribution in [0, 0.1) is 11.3 Å². The molecule has 3 heteroatoms. The van der Waals surface area contributed by atoms with E-state index in [0.29, 0.717) is 11.3 Å². The van der Waals surface area contributed by atoms with E-state index in [1.54, 1.807) is 6.20 Å². The van der Waals surface area contributed by atoms with Crippen LogP contribution in [0.4, 0.5) is 0 Å². The topological polar surface area (TPSA) is 50.9 Å². The van der Waals surface area contributed by atoms with Gasteiger partial charge < -0.3 is 0 Å². The van der Waals surface area contributed by atoms with Gasteiger partial charge in [-0.25, -0.2) is 0 Å². The summed E-state index contributed by atoms with van der Waals surface area (Å²) < 4.78 is 0. The molecule has 0 radical (unpaired) electrons. The van der Waals surface area contributed by atoms with Crippen LogP contribution in [0.25, 0.3) is 0 Å². The van der Waals surface area contributed by atoms with Crippen LogP contribution in [0.2, 0.25) is 0 Å². The van der Waals surface area contributed by atoms with Gasteiger partial charge in [0.25, 0.3) is 0 Å². The predicted molar refractivity (Wildman–Crippen MR) is 56.2 cm³/mol. The van der Waals surface area contributed by atoms with Crippen LogP contribution in [0.15, 0.2) is 24.5 Å². The molecule has 1 aromatic rings. The van der Waals surface area contributed by atoms with Crippen LogP contribution in [-0.4, -0.2) is 4.98 Å². The van der Waals surface area contributed by atoms with Crippen molar-refractivity contribution in [2.75, 3.05) is 0 Å². The Kier molecular flexibility index (Phi) is 2.29. The molecule has 2 unspecified atom stereocenters. The van der Waals surface area contributed by atoms with Gasteiger partial charge in [0.05, 0.1) is 6.04 Å². The fourth-order valence-corrected chi connectivity index (χ4v) is 2.08. The molecule has 2 atom stereocenters. The van der Waals surface area contributed by atoms with Gasteiger partial charge in [-0.05, 0) is 29.4 Å². The molecular formula is C11H17N3. The van der Waals surface area contributed by atoms with E-state index in [1.165, 1.54) is 12.0 Å². The van der Waals surface area contributed by atoms with E-state index in [0.717, 1.165) is 0 Å². The summed E-state index contributed by atoms with van der Waals surface area (Å²) >= 11 is 0. The van der Waals surface area contributed by atoms with Gasteiger partial charge in [0.2, 0.25) is 0 Å². The summed E-state index contributed by atoms with van der Waals surface area (Å²) in [5.74, 6) is 6.22. The molecule has 76 valence electrons. The minimum Gasteiger partial charge on any atom is -0.271 e. The van der Waals surface area contributed by atoms with Crippen LogP contribution < -0.4 is 11.3 Å². The number of hydrogen-bond acceptors (Lipinski definition) is 3. The maximum absolute atomic E-state index is 5.59. The highest BCUT2D eigenvalue weighted by molar-refractivity contribution is 5.19. The van der Waals surface area contributed by atoms with Crippen LogP contribution in [0.5, 0.6) is 0 Å². The Morgan fingerprint density at radius 1 is 1.64 bits per heavy atom. The number of hydrazine groups is 1. The maximum Gasteiger partial charge on any atom is 0.0508 e. The Bertz CT molecular complexity index is 308. The van der Waals surface area contributed by atoms with Gasteiger partial charge in [0, 0.05) is 12.4 Å². The van der Waals surface area contributed by atoms with Gasteiger partial charge in [-0.3, -0.25) is 16.3 Å². The quantitative estimate of drug-likeness (QED) is 0.564. The van der Waals surface area contributed by atoms with Gasteiger partial charge in [-0.15, -0.1) is 0 Å². The first kappa shape index (κ1) is 9.62. The molecule has 0 aromatic carbocycles. The third-order valence-electron chi connectivity index (χ3n) is 3.22. The van der Waals surface area contributed by atoms with E-state index in [-0.39, 0.29) is 6.04 Å². The maximum atomic E-state index is 5.59. The standard InChI is InChI=1S/C11H17N3/c1-11(2)6-9(11)10(14-12)8-4-3-5-13-7-8/h3-5,7,9-10,14H,6,12H2,1-2H3. The number of pyridine rings is 1. The smallest absolute Gasteiger partial charge is 0.0508 e. The van der Waals surface area contributed by atoms with Gasteiger partial charge in [-0.1, -0.05) is 19.9 Å². The van der Waals surface area contributed by atoms with Crippen molar-refractivity contribution in [2.45, 2.75) is 26.3 Å². The highest BCUT2D eigenvalue weighted by Gasteiger charge is 2.50. The summed E-state index contributed by atoms with van der Waals surface area (Å²) in [4.78, 5) is 4.12. The minimum atomic E-state index is 0.249. The molecule has 1 fully saturated rings. The van der Waals surface area contributed by atoms with Gasteiger partial charge in [-0.2, -0.15) is 0 Å². The Morgan fingerprint density at radius 2 is 2.36 bits per heavy atom. The molecule has 0 aliphatic heterocycles. The second kappa shape index (κ2) is 3.33. The fraction of sp³-hybridized carbons (Fsp3) is 0.545. The largest absolute Gasteiger partial charge is 0.271 e. The number of nitrogens with two attached hydrogens (primary N) is 1. The van der Waals surface area contributed by atoms with E-state index in [4.69, 9.17) is 5.84 Å². The number of hydrogen-bond donors (Lipinski definition) is 2. The van der Waals surface area contributed by atoms with E-state index >= 15 is 0 Å². The predicted octanol–water partition coefficient (Wildman–Crippen LogP) is 1.63. The zero-order chi connectivity index (χ0) is 10.2. The Labute approximate surface area is 84.7 Å². The minimum absolute atomic E-state index is 0.249. The first-order valence-electron chi connectivity index (χ1n) is 5.01. The lowest BCUT2D eigenvalue weighted by Crippen LogP contribution is -2.30. The van der Waals surface area contributed by atoms with Crippen molar-refractivity contribution in [3.63, 3.8) is 0 Å². The first-order valence-corrected chi connectivity index (χ1v) is 5.01. The molecule has 3 N–H and O–H groups in total. The highest BCUT2D eigenvalue weighted by atomic mass is 15.2. The number of aromatic nitrogens is 1. The molecule has 1 saturated carbocycles. The zero-order valence-electron chi connectivity index (χ0n) is 8.70. The molecule has 0 amide bonds. The van der Waals surface area contributed by atoms with Crippen LogP contribution >= 0.6 is 0 Å². The van der Waals surface area contributed by atoms with Crippen molar-refractivity contribution >= 4 is 0 Å². The molecule has 0 bridgehead atoms. The third-order valence-corrected chi connectivity index (χ3v) is 3.22. The Morgan fingerprint density at radius 3 is 2.79 bits per heavy atom. The van der Waals surface area contributed by atoms with Crippen molar-refractivity contribution in [3.8, 4) is 0 Å². The molecule has 14 heavy (non-hydrogen) atoms. The number of nitrogens with zero attached hydrogens (tertiary/aromatic N) is 1. The molecular weight excluding hydrogens is 174 g/mol. The lowest BCUT2D eigenvalue weighted by Gasteiger charge is -2.17. The lowest BCUT2D eigenvalue weighted by atomic mass is 9.99. The van der Waals surface area contributed by atoms with Gasteiger partial charge in [0.1, 0.15) is 0 Å². The van der Waals surface area contributed by atoms with Crippen molar-refractivity contribution in [3.05, 3.63) is 30.1 Å². The van der Waals surface area contributed by atoms with Crippen molar-refractivity contribution in [1.82, 2.24) is 10.4 Å². The molecule has 1 aliphatic rings. The molecule has 1 heterocycles. The summed E-state index contributed by atoms with van der Waals surface area (Å²) in [6.45, 7) is 4.55. The average molecular weight is 191 g/mol. The summed E-state index contributed by atoms with van der Waals surface area (Å²) in [5.41, 5.74) is 4.51. The monoisotopic (exact) mass is 191 g/mol. The third kappa shape index (κ3) is 1.65. The van der Waals surface area contributed by atoms with Crippen molar-refractivity contribution < 1.29 is 0 Å². The van der Waals surface area contributed by atoms with Crippen molar-refractivity contribution in [2.24, 2.45) is 17.2 Å². The molecule has 0 spiro atoms. The van der Waals surface area contributed by atoms with Crippen molar-refractivity contribution in [1.29, 1.82) is 0 Å². The number of rotatable bonds is 3. The summed E-state index contributed by atoms with van der Waals surface area (Å²) in [6, 6.07) is 4.28. The zero-order valence-corrected chi connectivity index (χ0v) is 8.70. The second-order valence-electron chi connectivity index (χ2n) is 4.73. The van der Waals surface area contributed by atoms with E-state index in [2.05, 4.69) is 30.3 Å². The molecule has 1 aromatic heterocycles. The van der Waals surface area contributed by atoms with Crippen LogP contribution in [-0.2, 0) is 0 Å². The van der Waals surface area contributed by atoms with E-state index in [1.807, 2.05) is 12.3 Å². The summed E-state index contributed by atoms with van der Waals surface area (Å²) in [7, 11) is 0. The Balaban J connectivity index is 2.16. The van der Waals surface area contributed by atoms with Gasteiger partial charge >= 0.3 is 0 Å². The fourth-order valence-electron chi connectivity index (χ4n) is 2.08. The molecule has 1 aliphatic carbocycles. The molecule has 3 nitrogen and oxygen atoms in total. The Hall–Kier alpha value is -0.930. The summed E-state index contributed by atoms with van der Waals surface area (Å²) in [6.07, 6.45) is 4.91. The lowest BCUT2D eigenvalue weighted by molar-refractivity contribution is 0.422.